The number of hydrogen-bond donors (Lipinski definition) is 1. The number of imidazole rings is 1. The van der Waals surface area contributed by atoms with E-state index < -0.39 is 11.7 Å². The topological polar surface area (TPSA) is 73.4 Å². The van der Waals surface area contributed by atoms with E-state index in [4.69, 9.17) is 9.47 Å². The second-order valence-corrected chi connectivity index (χ2v) is 8.53. The van der Waals surface area contributed by atoms with E-state index in [-0.39, 0.29) is 12.6 Å². The number of rotatable bonds is 7. The molecule has 1 N–H and O–H groups in total. The fourth-order valence-electron chi connectivity index (χ4n) is 3.68. The molecular formula is C25H32N3O4+. The van der Waals surface area contributed by atoms with E-state index in [0.717, 1.165) is 29.0 Å². The second-order valence-electron chi connectivity index (χ2n) is 8.53. The quantitative estimate of drug-likeness (QED) is 0.440. The summed E-state index contributed by atoms with van der Waals surface area (Å²) < 4.78 is 15.1. The summed E-state index contributed by atoms with van der Waals surface area (Å²) >= 11 is 0. The molecule has 0 unspecified atom stereocenters. The summed E-state index contributed by atoms with van der Waals surface area (Å²) in [5.74, 6) is 0.582. The zero-order valence-corrected chi connectivity index (χ0v) is 19.5. The van der Waals surface area contributed by atoms with E-state index >= 15 is 0 Å². The molecule has 7 heteroatoms. The second kappa shape index (κ2) is 9.85. The van der Waals surface area contributed by atoms with E-state index in [1.54, 1.807) is 6.07 Å². The van der Waals surface area contributed by atoms with Crippen molar-refractivity contribution in [3.8, 4) is 0 Å². The lowest BCUT2D eigenvalue weighted by atomic mass is 10.1. The van der Waals surface area contributed by atoms with Crippen LogP contribution in [-0.4, -0.2) is 22.2 Å². The molecular weight excluding hydrogens is 406 g/mol. The van der Waals surface area contributed by atoms with Gasteiger partial charge in [0.15, 0.2) is 11.0 Å². The van der Waals surface area contributed by atoms with Gasteiger partial charge in [-0.05, 0) is 52.3 Å². The van der Waals surface area contributed by atoms with Crippen LogP contribution < -0.4 is 9.88 Å². The summed E-state index contributed by atoms with van der Waals surface area (Å²) in [6.45, 7) is 11.6. The zero-order chi connectivity index (χ0) is 23.3. The minimum atomic E-state index is -0.558. The first kappa shape index (κ1) is 23.3. The molecule has 0 aliphatic heterocycles. The van der Waals surface area contributed by atoms with E-state index in [1.807, 2.05) is 70.2 Å². The van der Waals surface area contributed by atoms with Crippen LogP contribution in [0.25, 0.3) is 11.0 Å². The molecule has 0 spiro atoms. The summed E-state index contributed by atoms with van der Waals surface area (Å²) in [4.78, 5) is 24.8. The van der Waals surface area contributed by atoms with Crippen LogP contribution in [-0.2, 0) is 35.7 Å². The van der Waals surface area contributed by atoms with Gasteiger partial charge in [-0.2, -0.15) is 0 Å². The summed E-state index contributed by atoms with van der Waals surface area (Å²) in [6, 6.07) is 15.1. The molecule has 3 rings (SSSR count). The number of hydrogen-bond acceptors (Lipinski definition) is 4. The maximum atomic E-state index is 12.6. The molecule has 1 aromatic heterocycles. The largest absolute Gasteiger partial charge is 0.456 e. The Balaban J connectivity index is 1.81. The first-order valence-electron chi connectivity index (χ1n) is 11.0. The fourth-order valence-corrected chi connectivity index (χ4v) is 3.68. The van der Waals surface area contributed by atoms with Crippen molar-refractivity contribution < 1.29 is 23.6 Å². The molecule has 0 saturated carbocycles. The Morgan fingerprint density at radius 3 is 2.41 bits per heavy atom. The SMILES string of the molecule is CCn1c(CNC(=O)OCc2ccccc2)[n+](CC)c2ccc(C(=O)OC(C)(C)C)cc21. The van der Waals surface area contributed by atoms with Crippen LogP contribution in [0, 0.1) is 0 Å². The number of carbonyl (C=O) groups excluding carboxylic acids is 2. The minimum absolute atomic E-state index is 0.219. The molecule has 32 heavy (non-hydrogen) atoms. The number of aromatic nitrogens is 2. The molecule has 1 heterocycles. The molecule has 1 amide bonds. The predicted octanol–water partition coefficient (Wildman–Crippen LogP) is 4.35. The number of esters is 1. The van der Waals surface area contributed by atoms with Crippen molar-refractivity contribution in [2.24, 2.45) is 0 Å². The standard InChI is InChI=1S/C25H31N3O4/c1-6-27-20-14-13-19(23(29)32-25(3,4)5)15-21(20)28(7-2)22(27)16-26-24(30)31-17-18-11-9-8-10-12-18/h8-15H,6-7,16-17H2,1-5H3/p+1. The third-order valence-electron chi connectivity index (χ3n) is 5.05. The number of ether oxygens (including phenoxy) is 2. The predicted molar refractivity (Wildman–Crippen MR) is 122 cm³/mol. The van der Waals surface area contributed by atoms with Crippen LogP contribution >= 0.6 is 0 Å². The molecule has 3 aromatic rings. The van der Waals surface area contributed by atoms with Gasteiger partial charge in [-0.25, -0.2) is 18.7 Å². The lowest BCUT2D eigenvalue weighted by Gasteiger charge is -2.19. The van der Waals surface area contributed by atoms with Gasteiger partial charge in [0.25, 0.3) is 5.82 Å². The highest BCUT2D eigenvalue weighted by Crippen LogP contribution is 2.20. The van der Waals surface area contributed by atoms with Gasteiger partial charge in [-0.1, -0.05) is 30.3 Å². The third-order valence-corrected chi connectivity index (χ3v) is 5.05. The van der Waals surface area contributed by atoms with E-state index in [9.17, 15) is 9.59 Å². The highest BCUT2D eigenvalue weighted by Gasteiger charge is 2.26. The molecule has 0 radical (unpaired) electrons. The molecule has 2 aromatic carbocycles. The maximum absolute atomic E-state index is 12.6. The number of carbonyl (C=O) groups is 2. The molecule has 0 atom stereocenters. The van der Waals surface area contributed by atoms with E-state index in [2.05, 4.69) is 21.4 Å². The van der Waals surface area contributed by atoms with Gasteiger partial charge in [0, 0.05) is 6.07 Å². The average Bonchev–Trinajstić information content (AvgIpc) is 3.07. The first-order valence-corrected chi connectivity index (χ1v) is 11.0. The molecule has 170 valence electrons. The normalized spacial score (nSPS) is 11.4. The van der Waals surface area contributed by atoms with Gasteiger partial charge in [0.1, 0.15) is 18.8 Å². The Labute approximate surface area is 188 Å². The van der Waals surface area contributed by atoms with Crippen LogP contribution in [0.15, 0.2) is 48.5 Å². The number of aryl methyl sites for hydroxylation is 2. The lowest BCUT2D eigenvalue weighted by molar-refractivity contribution is -0.676. The smallest absolute Gasteiger partial charge is 0.408 e. The number of amides is 1. The van der Waals surface area contributed by atoms with Gasteiger partial charge in [-0.15, -0.1) is 0 Å². The molecule has 7 nitrogen and oxygen atoms in total. The van der Waals surface area contributed by atoms with Gasteiger partial charge < -0.3 is 14.8 Å². The first-order chi connectivity index (χ1) is 15.2. The number of nitrogens with one attached hydrogen (secondary N) is 1. The number of alkyl carbamates (subject to hydrolysis) is 1. The monoisotopic (exact) mass is 438 g/mol. The number of nitrogens with zero attached hydrogens (tertiary/aromatic N) is 2. The van der Waals surface area contributed by atoms with Gasteiger partial charge >= 0.3 is 12.1 Å². The Bertz CT molecular complexity index is 1100. The lowest BCUT2D eigenvalue weighted by Crippen LogP contribution is -2.40. The summed E-state index contributed by atoms with van der Waals surface area (Å²) in [5, 5.41) is 2.85. The average molecular weight is 439 g/mol. The van der Waals surface area contributed by atoms with Crippen LogP contribution in [0.5, 0.6) is 0 Å². The fraction of sp³-hybridized carbons (Fsp3) is 0.400. The number of fused-ring (bicyclic) bond motifs is 1. The Morgan fingerprint density at radius 1 is 1.06 bits per heavy atom. The van der Waals surface area contributed by atoms with E-state index in [1.165, 1.54) is 0 Å². The minimum Gasteiger partial charge on any atom is -0.456 e. The van der Waals surface area contributed by atoms with Crippen molar-refractivity contribution in [1.29, 1.82) is 0 Å². The van der Waals surface area contributed by atoms with Crippen LogP contribution in [0.1, 0.15) is 56.4 Å². The van der Waals surface area contributed by atoms with Gasteiger partial charge in [0.05, 0.1) is 18.7 Å². The highest BCUT2D eigenvalue weighted by atomic mass is 16.6. The van der Waals surface area contributed by atoms with Crippen molar-refractivity contribution in [3.05, 3.63) is 65.5 Å². The van der Waals surface area contributed by atoms with Gasteiger partial charge in [-0.3, -0.25) is 0 Å². The highest BCUT2D eigenvalue weighted by molar-refractivity contribution is 5.93. The van der Waals surface area contributed by atoms with E-state index in [0.29, 0.717) is 18.7 Å². The molecule has 0 saturated heterocycles. The Hall–Kier alpha value is -3.35. The number of benzene rings is 2. The maximum Gasteiger partial charge on any atom is 0.408 e. The molecule has 0 aliphatic carbocycles. The summed E-state index contributed by atoms with van der Waals surface area (Å²) in [7, 11) is 0. The van der Waals surface area contributed by atoms with Gasteiger partial charge in [0.2, 0.25) is 0 Å². The van der Waals surface area contributed by atoms with Crippen molar-refractivity contribution >= 4 is 23.1 Å². The Morgan fingerprint density at radius 2 is 1.78 bits per heavy atom. The third kappa shape index (κ3) is 5.46. The van der Waals surface area contributed by atoms with Crippen LogP contribution in [0.4, 0.5) is 4.79 Å². The van der Waals surface area contributed by atoms with Crippen LogP contribution in [0.2, 0.25) is 0 Å². The van der Waals surface area contributed by atoms with Crippen molar-refractivity contribution in [2.75, 3.05) is 0 Å². The summed E-state index contributed by atoms with van der Waals surface area (Å²) in [5.41, 5.74) is 2.80. The molecule has 0 bridgehead atoms. The van der Waals surface area contributed by atoms with Crippen molar-refractivity contribution in [3.63, 3.8) is 0 Å². The molecule has 0 aliphatic rings. The van der Waals surface area contributed by atoms with Crippen LogP contribution in [0.3, 0.4) is 0 Å². The van der Waals surface area contributed by atoms with Crippen molar-refractivity contribution in [1.82, 2.24) is 9.88 Å². The summed E-state index contributed by atoms with van der Waals surface area (Å²) in [6.07, 6.45) is -0.473. The Kier molecular flexibility index (Phi) is 7.18. The zero-order valence-electron chi connectivity index (χ0n) is 19.5. The van der Waals surface area contributed by atoms with Crippen molar-refractivity contribution in [2.45, 2.75) is 66.5 Å². The molecule has 0 fully saturated rings.